The minimum absolute atomic E-state index is 0.00321. The van der Waals surface area contributed by atoms with Gasteiger partial charge in [0, 0.05) is 13.2 Å². The molecule has 2 heterocycles. The Bertz CT molecular complexity index is 486. The third-order valence-corrected chi connectivity index (χ3v) is 4.25. The van der Waals surface area contributed by atoms with Crippen molar-refractivity contribution in [2.75, 3.05) is 19.8 Å². The molecule has 1 aromatic rings. The van der Waals surface area contributed by atoms with Crippen LogP contribution in [0.25, 0.3) is 0 Å². The summed E-state index contributed by atoms with van der Waals surface area (Å²) in [6.45, 7) is 3.60. The fourth-order valence-electron chi connectivity index (χ4n) is 2.65. The van der Waals surface area contributed by atoms with E-state index in [4.69, 9.17) is 9.47 Å². The van der Waals surface area contributed by atoms with E-state index in [0.29, 0.717) is 24.8 Å². The minimum atomic E-state index is -0.290. The molecule has 0 radical (unpaired) electrons. The Morgan fingerprint density at radius 3 is 2.90 bits per heavy atom. The van der Waals surface area contributed by atoms with Crippen LogP contribution in [-0.4, -0.2) is 48.2 Å². The zero-order valence-corrected chi connectivity index (χ0v) is 12.2. The van der Waals surface area contributed by atoms with Crippen LogP contribution in [0.2, 0.25) is 0 Å². The number of aryl methyl sites for hydroxylation is 1. The number of rotatable bonds is 5. The molecule has 2 aliphatic rings. The Labute approximate surface area is 123 Å². The van der Waals surface area contributed by atoms with E-state index in [2.05, 4.69) is 20.3 Å². The molecule has 116 valence electrons. The maximum Gasteiger partial charge on any atom is 0.275 e. The van der Waals surface area contributed by atoms with Crippen LogP contribution in [0.3, 0.4) is 0 Å². The molecular formula is C14H21N3O4. The standard InChI is InChI=1S/C14H21N3O4/c1-9-13(17-21-16-9)14(18)15-11-8-19-6-5-12(11)20-7-10-3-2-4-10/h10-12H,2-8H2,1H3,(H,15,18)/t11-,12+/m1/s1. The second kappa shape index (κ2) is 6.53. The van der Waals surface area contributed by atoms with Gasteiger partial charge in [-0.1, -0.05) is 11.6 Å². The molecule has 21 heavy (non-hydrogen) atoms. The highest BCUT2D eigenvalue weighted by atomic mass is 16.6. The summed E-state index contributed by atoms with van der Waals surface area (Å²) in [5.74, 6) is 0.396. The molecule has 1 saturated heterocycles. The van der Waals surface area contributed by atoms with E-state index < -0.39 is 0 Å². The molecular weight excluding hydrogens is 274 g/mol. The number of amides is 1. The average Bonchev–Trinajstić information content (AvgIpc) is 2.85. The molecule has 7 nitrogen and oxygen atoms in total. The zero-order valence-electron chi connectivity index (χ0n) is 12.2. The quantitative estimate of drug-likeness (QED) is 0.875. The maximum atomic E-state index is 12.2. The topological polar surface area (TPSA) is 86.5 Å². The van der Waals surface area contributed by atoms with Crippen LogP contribution in [0.1, 0.15) is 41.9 Å². The van der Waals surface area contributed by atoms with Gasteiger partial charge in [-0.3, -0.25) is 4.79 Å². The summed E-state index contributed by atoms with van der Waals surface area (Å²) < 4.78 is 16.0. The van der Waals surface area contributed by atoms with Crippen molar-refractivity contribution in [2.45, 2.75) is 44.8 Å². The number of carbonyl (C=O) groups is 1. The third kappa shape index (κ3) is 3.41. The van der Waals surface area contributed by atoms with E-state index in [0.717, 1.165) is 13.0 Å². The number of carbonyl (C=O) groups excluding carboxylic acids is 1. The summed E-state index contributed by atoms with van der Waals surface area (Å²) in [6, 6.07) is -0.151. The molecule has 3 rings (SSSR count). The normalized spacial score (nSPS) is 26.3. The van der Waals surface area contributed by atoms with Gasteiger partial charge in [-0.15, -0.1) is 0 Å². The first-order valence-corrected chi connectivity index (χ1v) is 7.53. The van der Waals surface area contributed by atoms with Crippen molar-refractivity contribution in [3.05, 3.63) is 11.4 Å². The highest BCUT2D eigenvalue weighted by molar-refractivity contribution is 5.93. The van der Waals surface area contributed by atoms with Crippen LogP contribution in [0.5, 0.6) is 0 Å². The predicted molar refractivity (Wildman–Crippen MR) is 72.8 cm³/mol. The third-order valence-electron chi connectivity index (χ3n) is 4.25. The van der Waals surface area contributed by atoms with Crippen LogP contribution in [0, 0.1) is 12.8 Å². The van der Waals surface area contributed by atoms with E-state index in [9.17, 15) is 4.79 Å². The molecule has 1 aromatic heterocycles. The smallest absolute Gasteiger partial charge is 0.275 e. The monoisotopic (exact) mass is 295 g/mol. The Hall–Kier alpha value is -1.47. The zero-order chi connectivity index (χ0) is 14.7. The minimum Gasteiger partial charge on any atom is -0.379 e. The van der Waals surface area contributed by atoms with Crippen molar-refractivity contribution in [3.8, 4) is 0 Å². The first-order chi connectivity index (χ1) is 10.2. The Balaban J connectivity index is 1.55. The number of nitrogens with one attached hydrogen (secondary N) is 1. The van der Waals surface area contributed by atoms with Crippen LogP contribution in [-0.2, 0) is 9.47 Å². The van der Waals surface area contributed by atoms with E-state index in [1.807, 2.05) is 0 Å². The van der Waals surface area contributed by atoms with E-state index >= 15 is 0 Å². The lowest BCUT2D eigenvalue weighted by Crippen LogP contribution is -2.51. The lowest BCUT2D eigenvalue weighted by atomic mass is 9.86. The number of aromatic nitrogens is 2. The Morgan fingerprint density at radius 2 is 2.24 bits per heavy atom. The predicted octanol–water partition coefficient (Wildman–Crippen LogP) is 1.08. The summed E-state index contributed by atoms with van der Waals surface area (Å²) in [7, 11) is 0. The molecule has 1 amide bonds. The van der Waals surface area contributed by atoms with Crippen LogP contribution < -0.4 is 5.32 Å². The molecule has 0 spiro atoms. The van der Waals surface area contributed by atoms with E-state index in [1.165, 1.54) is 19.3 Å². The van der Waals surface area contributed by atoms with Crippen molar-refractivity contribution in [1.29, 1.82) is 0 Å². The highest BCUT2D eigenvalue weighted by Crippen LogP contribution is 2.27. The summed E-state index contributed by atoms with van der Waals surface area (Å²) in [5, 5.41) is 10.2. The van der Waals surface area contributed by atoms with Crippen molar-refractivity contribution in [3.63, 3.8) is 0 Å². The number of hydrogen-bond acceptors (Lipinski definition) is 6. The number of hydrogen-bond donors (Lipinski definition) is 1. The highest BCUT2D eigenvalue weighted by Gasteiger charge is 2.31. The lowest BCUT2D eigenvalue weighted by Gasteiger charge is -2.34. The summed E-state index contributed by atoms with van der Waals surface area (Å²) in [4.78, 5) is 12.2. The molecule has 1 N–H and O–H groups in total. The van der Waals surface area contributed by atoms with Gasteiger partial charge in [-0.25, -0.2) is 4.63 Å². The molecule has 2 atom stereocenters. The van der Waals surface area contributed by atoms with E-state index in [1.54, 1.807) is 6.92 Å². The Morgan fingerprint density at radius 1 is 1.38 bits per heavy atom. The van der Waals surface area contributed by atoms with Crippen molar-refractivity contribution < 1.29 is 18.9 Å². The molecule has 1 aliphatic carbocycles. The van der Waals surface area contributed by atoms with Crippen molar-refractivity contribution in [1.82, 2.24) is 15.6 Å². The summed E-state index contributed by atoms with van der Waals surface area (Å²) >= 11 is 0. The molecule has 0 bridgehead atoms. The van der Waals surface area contributed by atoms with Gasteiger partial charge in [0.25, 0.3) is 5.91 Å². The van der Waals surface area contributed by atoms with Gasteiger partial charge in [0.05, 0.1) is 18.8 Å². The molecule has 0 aromatic carbocycles. The molecule has 7 heteroatoms. The van der Waals surface area contributed by atoms with E-state index in [-0.39, 0.29) is 23.7 Å². The molecule has 0 unspecified atom stereocenters. The second-order valence-corrected chi connectivity index (χ2v) is 5.81. The molecule has 2 fully saturated rings. The fourth-order valence-corrected chi connectivity index (χ4v) is 2.65. The van der Waals surface area contributed by atoms with Crippen LogP contribution in [0.4, 0.5) is 0 Å². The van der Waals surface area contributed by atoms with Gasteiger partial charge >= 0.3 is 0 Å². The van der Waals surface area contributed by atoms with Gasteiger partial charge < -0.3 is 14.8 Å². The SMILES string of the molecule is Cc1nonc1C(=O)N[C@@H]1COCC[C@@H]1OCC1CCC1. The van der Waals surface area contributed by atoms with Crippen LogP contribution in [0.15, 0.2) is 4.63 Å². The second-order valence-electron chi connectivity index (χ2n) is 5.81. The summed E-state index contributed by atoms with van der Waals surface area (Å²) in [6.07, 6.45) is 4.62. The lowest BCUT2D eigenvalue weighted by molar-refractivity contribution is -0.0697. The molecule has 1 saturated carbocycles. The van der Waals surface area contributed by atoms with Crippen molar-refractivity contribution in [2.24, 2.45) is 5.92 Å². The fraction of sp³-hybridized carbons (Fsp3) is 0.786. The van der Waals surface area contributed by atoms with Crippen molar-refractivity contribution >= 4 is 5.91 Å². The molecule has 1 aliphatic heterocycles. The van der Waals surface area contributed by atoms with Gasteiger partial charge in [-0.2, -0.15) is 0 Å². The maximum absolute atomic E-state index is 12.2. The van der Waals surface area contributed by atoms with Gasteiger partial charge in [0.2, 0.25) is 0 Å². The van der Waals surface area contributed by atoms with Gasteiger partial charge in [0.15, 0.2) is 5.69 Å². The summed E-state index contributed by atoms with van der Waals surface area (Å²) in [5.41, 5.74) is 0.703. The average molecular weight is 295 g/mol. The van der Waals surface area contributed by atoms with Gasteiger partial charge in [0.1, 0.15) is 5.69 Å². The first-order valence-electron chi connectivity index (χ1n) is 7.53. The number of nitrogens with zero attached hydrogens (tertiary/aromatic N) is 2. The van der Waals surface area contributed by atoms with Gasteiger partial charge in [-0.05, 0) is 37.3 Å². The van der Waals surface area contributed by atoms with Crippen LogP contribution >= 0.6 is 0 Å². The number of ether oxygens (including phenoxy) is 2. The largest absolute Gasteiger partial charge is 0.379 e. The first kappa shape index (κ1) is 14.5. The Kier molecular flexibility index (Phi) is 4.50.